The minimum absolute atomic E-state index is 0.121. The normalized spacial score (nSPS) is 19.7. The van der Waals surface area contributed by atoms with Gasteiger partial charge in [0.25, 0.3) is 0 Å². The van der Waals surface area contributed by atoms with Gasteiger partial charge in [0.05, 0.1) is 11.5 Å². The van der Waals surface area contributed by atoms with Crippen molar-refractivity contribution in [1.82, 2.24) is 0 Å². The summed E-state index contributed by atoms with van der Waals surface area (Å²) in [6.45, 7) is 0. The van der Waals surface area contributed by atoms with Gasteiger partial charge in [-0.25, -0.2) is 0 Å². The van der Waals surface area contributed by atoms with Gasteiger partial charge in [0.1, 0.15) is 0 Å². The van der Waals surface area contributed by atoms with Crippen molar-refractivity contribution in [2.24, 2.45) is 5.92 Å². The summed E-state index contributed by atoms with van der Waals surface area (Å²) in [6.07, 6.45) is 9.39. The van der Waals surface area contributed by atoms with Crippen LogP contribution in [0.2, 0.25) is 0 Å². The molecule has 0 bridgehead atoms. The van der Waals surface area contributed by atoms with Gasteiger partial charge in [0.2, 0.25) is 0 Å². The SMILES string of the molecule is C1=CC2C(C=C1)C1(c3cc(N(c4ccccc4)c4ccccc4)ccc3-c3c1ccc1ccccc31)c1ccccc1N2c1ccccc1. The van der Waals surface area contributed by atoms with Crippen LogP contribution >= 0.6 is 0 Å². The second-order valence-corrected chi connectivity index (χ2v) is 13.3. The van der Waals surface area contributed by atoms with Gasteiger partial charge in [-0.15, -0.1) is 0 Å². The molecule has 1 heterocycles. The predicted octanol–water partition coefficient (Wildman–Crippen LogP) is 11.9. The first-order chi connectivity index (χ1) is 24.3. The Morgan fingerprint density at radius 3 is 1.92 bits per heavy atom. The molecule has 0 fully saturated rings. The van der Waals surface area contributed by atoms with Gasteiger partial charge in [0, 0.05) is 34.4 Å². The van der Waals surface area contributed by atoms with Crippen LogP contribution in [0.1, 0.15) is 16.7 Å². The van der Waals surface area contributed by atoms with E-state index in [9.17, 15) is 0 Å². The Morgan fingerprint density at radius 1 is 0.490 bits per heavy atom. The summed E-state index contributed by atoms with van der Waals surface area (Å²) in [6, 6.07) is 62.6. The molecule has 2 heteroatoms. The van der Waals surface area contributed by atoms with Crippen molar-refractivity contribution in [3.8, 4) is 11.1 Å². The zero-order valence-electron chi connectivity index (χ0n) is 27.0. The number of hydrogen-bond acceptors (Lipinski definition) is 2. The summed E-state index contributed by atoms with van der Waals surface area (Å²) in [5.74, 6) is 0.144. The van der Waals surface area contributed by atoms with E-state index in [0.717, 1.165) is 17.1 Å². The second kappa shape index (κ2) is 11.0. The zero-order valence-corrected chi connectivity index (χ0v) is 27.0. The third kappa shape index (κ3) is 4.01. The van der Waals surface area contributed by atoms with E-state index >= 15 is 0 Å². The van der Waals surface area contributed by atoms with Crippen LogP contribution in [0.15, 0.2) is 194 Å². The Kier molecular flexibility index (Phi) is 6.25. The van der Waals surface area contributed by atoms with E-state index in [4.69, 9.17) is 0 Å². The van der Waals surface area contributed by atoms with E-state index in [1.807, 2.05) is 0 Å². The lowest BCUT2D eigenvalue weighted by Crippen LogP contribution is -2.52. The summed E-state index contributed by atoms with van der Waals surface area (Å²) >= 11 is 0. The number of hydrogen-bond donors (Lipinski definition) is 0. The number of nitrogens with zero attached hydrogens (tertiary/aromatic N) is 2. The van der Waals surface area contributed by atoms with Gasteiger partial charge >= 0.3 is 0 Å². The molecule has 0 amide bonds. The van der Waals surface area contributed by atoms with E-state index in [1.54, 1.807) is 0 Å². The molecular formula is C47H34N2. The molecule has 3 atom stereocenters. The van der Waals surface area contributed by atoms with Gasteiger partial charge in [-0.2, -0.15) is 0 Å². The molecular weight excluding hydrogens is 593 g/mol. The first-order valence-electron chi connectivity index (χ1n) is 17.2. The summed E-state index contributed by atoms with van der Waals surface area (Å²) in [5.41, 5.74) is 12.3. The first-order valence-corrected chi connectivity index (χ1v) is 17.2. The van der Waals surface area contributed by atoms with Crippen molar-refractivity contribution >= 4 is 39.2 Å². The third-order valence-electron chi connectivity index (χ3n) is 10.9. The minimum Gasteiger partial charge on any atom is -0.334 e. The molecule has 0 saturated heterocycles. The molecule has 7 aromatic rings. The van der Waals surface area contributed by atoms with Crippen LogP contribution in [0.5, 0.6) is 0 Å². The van der Waals surface area contributed by atoms with Crippen LogP contribution in [-0.2, 0) is 5.41 Å². The summed E-state index contributed by atoms with van der Waals surface area (Å²) in [7, 11) is 0. The van der Waals surface area contributed by atoms with Gasteiger partial charge in [-0.1, -0.05) is 140 Å². The van der Waals surface area contributed by atoms with Crippen molar-refractivity contribution in [2.75, 3.05) is 9.80 Å². The maximum absolute atomic E-state index is 2.56. The van der Waals surface area contributed by atoms with Crippen molar-refractivity contribution in [3.63, 3.8) is 0 Å². The minimum atomic E-state index is -0.419. The number of rotatable bonds is 4. The molecule has 2 aliphatic carbocycles. The molecule has 0 saturated carbocycles. The average molecular weight is 627 g/mol. The van der Waals surface area contributed by atoms with Gasteiger partial charge in [0.15, 0.2) is 0 Å². The first kappa shape index (κ1) is 27.9. The molecule has 1 aliphatic heterocycles. The van der Waals surface area contributed by atoms with Crippen LogP contribution in [0.25, 0.3) is 21.9 Å². The number of benzene rings is 7. The smallest absolute Gasteiger partial charge is 0.0603 e. The Labute approximate surface area is 287 Å². The fourth-order valence-electron chi connectivity index (χ4n) is 9.00. The van der Waals surface area contributed by atoms with Crippen LogP contribution in [0, 0.1) is 5.92 Å². The van der Waals surface area contributed by atoms with Gasteiger partial charge < -0.3 is 9.80 Å². The number of anilines is 5. The highest BCUT2D eigenvalue weighted by Gasteiger charge is 2.57. The summed E-state index contributed by atoms with van der Waals surface area (Å²) < 4.78 is 0. The van der Waals surface area contributed by atoms with Crippen molar-refractivity contribution < 1.29 is 0 Å². The Bertz CT molecular complexity index is 2370. The molecule has 3 aliphatic rings. The van der Waals surface area contributed by atoms with E-state index in [1.165, 1.54) is 50.0 Å². The van der Waals surface area contributed by atoms with E-state index in [-0.39, 0.29) is 12.0 Å². The highest BCUT2D eigenvalue weighted by molar-refractivity contribution is 6.04. The predicted molar refractivity (Wildman–Crippen MR) is 205 cm³/mol. The van der Waals surface area contributed by atoms with Crippen molar-refractivity contribution in [3.05, 3.63) is 211 Å². The molecule has 0 radical (unpaired) electrons. The molecule has 0 aromatic heterocycles. The van der Waals surface area contributed by atoms with Crippen molar-refractivity contribution in [1.29, 1.82) is 0 Å². The second-order valence-electron chi connectivity index (χ2n) is 13.3. The maximum atomic E-state index is 2.56. The van der Waals surface area contributed by atoms with Crippen molar-refractivity contribution in [2.45, 2.75) is 11.5 Å². The molecule has 0 N–H and O–H groups in total. The number of fused-ring (bicyclic) bond motifs is 11. The molecule has 10 rings (SSSR count). The quantitative estimate of drug-likeness (QED) is 0.192. The van der Waals surface area contributed by atoms with Crippen LogP contribution in [0.4, 0.5) is 28.4 Å². The Balaban J connectivity index is 1.32. The maximum Gasteiger partial charge on any atom is 0.0603 e. The summed E-state index contributed by atoms with van der Waals surface area (Å²) in [4.78, 5) is 4.96. The van der Waals surface area contributed by atoms with Gasteiger partial charge in [-0.3, -0.25) is 0 Å². The highest BCUT2D eigenvalue weighted by Crippen LogP contribution is 2.64. The monoisotopic (exact) mass is 626 g/mol. The van der Waals surface area contributed by atoms with Gasteiger partial charge in [-0.05, 0) is 93.2 Å². The standard InChI is InChI=1S/C47H34N2/c1-4-17-34(18-5-1)48(35-19-6-2-7-20-35)37-29-30-39-43(32-37)47(42-31-28-33-16-10-11-23-38(33)46(39)42)40-24-12-14-26-44(40)49(36-21-8-3-9-22-36)45-27-15-13-25-41(45)47/h1-32,40,44H. The van der Waals surface area contributed by atoms with Crippen LogP contribution in [-0.4, -0.2) is 6.04 Å². The largest absolute Gasteiger partial charge is 0.334 e. The summed E-state index contributed by atoms with van der Waals surface area (Å²) in [5, 5.41) is 2.58. The fraction of sp³-hybridized carbons (Fsp3) is 0.0638. The van der Waals surface area contributed by atoms with Crippen LogP contribution < -0.4 is 9.80 Å². The third-order valence-corrected chi connectivity index (χ3v) is 10.9. The van der Waals surface area contributed by atoms with E-state index < -0.39 is 5.41 Å². The molecule has 7 aromatic carbocycles. The molecule has 1 spiro atoms. The van der Waals surface area contributed by atoms with E-state index in [2.05, 4.69) is 204 Å². The molecule has 232 valence electrons. The number of allylic oxidation sites excluding steroid dienone is 2. The lowest BCUT2D eigenvalue weighted by molar-refractivity contribution is 0.392. The molecule has 3 unspecified atom stereocenters. The Morgan fingerprint density at radius 2 is 1.14 bits per heavy atom. The number of para-hydroxylation sites is 4. The van der Waals surface area contributed by atoms with E-state index in [0.29, 0.717) is 0 Å². The lowest BCUT2D eigenvalue weighted by Gasteiger charge is -2.53. The Hall–Kier alpha value is -6.12. The average Bonchev–Trinajstić information content (AvgIpc) is 3.47. The zero-order chi connectivity index (χ0) is 32.4. The molecule has 49 heavy (non-hydrogen) atoms. The topological polar surface area (TPSA) is 6.48 Å². The van der Waals surface area contributed by atoms with Crippen LogP contribution in [0.3, 0.4) is 0 Å². The lowest BCUT2D eigenvalue weighted by atomic mass is 9.58. The fourth-order valence-corrected chi connectivity index (χ4v) is 9.00. The highest BCUT2D eigenvalue weighted by atomic mass is 15.2. The molecule has 2 nitrogen and oxygen atoms in total.